The summed E-state index contributed by atoms with van der Waals surface area (Å²) in [5.41, 5.74) is 11.3. The number of aryl methyl sites for hydroxylation is 1. The molecule has 3 aliphatic heterocycles. The molecule has 0 unspecified atom stereocenters. The summed E-state index contributed by atoms with van der Waals surface area (Å²) in [5, 5.41) is 2.89. The molecule has 5 aromatic carbocycles. The summed E-state index contributed by atoms with van der Waals surface area (Å²) < 4.78 is 14.0. The first-order valence-electron chi connectivity index (χ1n) is 16.3. The Morgan fingerprint density at radius 2 is 1.33 bits per heavy atom. The Labute approximate surface area is 267 Å². The minimum Gasteiger partial charge on any atom is -0.458 e. The maximum absolute atomic E-state index is 7.19. The van der Waals surface area contributed by atoms with Crippen molar-refractivity contribution in [3.63, 3.8) is 0 Å². The third kappa shape index (κ3) is 3.59. The minimum atomic E-state index is -1.90. The van der Waals surface area contributed by atoms with Gasteiger partial charge in [-0.2, -0.15) is 0 Å². The van der Waals surface area contributed by atoms with Crippen LogP contribution in [0.4, 0.5) is 17.1 Å². The van der Waals surface area contributed by atoms with Gasteiger partial charge in [-0.15, -0.1) is 0 Å². The molecule has 0 bridgehead atoms. The zero-order chi connectivity index (χ0) is 31.0. The van der Waals surface area contributed by atoms with Crippen LogP contribution >= 0.6 is 0 Å². The maximum Gasteiger partial charge on any atom is 0.260 e. The molecular formula is C40H38BNO2Si. The average molecular weight is 604 g/mol. The molecule has 9 rings (SSSR count). The fourth-order valence-electron chi connectivity index (χ4n) is 9.27. The van der Waals surface area contributed by atoms with E-state index in [0.717, 1.165) is 40.6 Å². The molecule has 0 spiro atoms. The van der Waals surface area contributed by atoms with Crippen molar-refractivity contribution < 1.29 is 9.47 Å². The maximum atomic E-state index is 7.19. The number of hydrogen-bond donors (Lipinski definition) is 0. The van der Waals surface area contributed by atoms with Gasteiger partial charge >= 0.3 is 0 Å². The largest absolute Gasteiger partial charge is 0.458 e. The van der Waals surface area contributed by atoms with Gasteiger partial charge in [0.2, 0.25) is 0 Å². The molecule has 0 N–H and O–H groups in total. The second kappa shape index (κ2) is 8.73. The molecule has 5 heteroatoms. The molecule has 0 amide bonds. The first-order chi connectivity index (χ1) is 21.5. The lowest BCUT2D eigenvalue weighted by Crippen LogP contribution is -2.59. The van der Waals surface area contributed by atoms with Gasteiger partial charge in [-0.05, 0) is 69.2 Å². The van der Waals surface area contributed by atoms with Crippen LogP contribution in [-0.2, 0) is 10.8 Å². The monoisotopic (exact) mass is 603 g/mol. The number of rotatable bonds is 1. The summed E-state index contributed by atoms with van der Waals surface area (Å²) in [6.07, 6.45) is 1.10. The van der Waals surface area contributed by atoms with Gasteiger partial charge < -0.3 is 14.4 Å². The Kier molecular flexibility index (Phi) is 5.26. The second-order valence-corrected chi connectivity index (χ2v) is 19.7. The van der Waals surface area contributed by atoms with E-state index in [9.17, 15) is 0 Å². The third-order valence-electron chi connectivity index (χ3n) is 11.0. The second-order valence-electron chi connectivity index (χ2n) is 15.4. The fourth-order valence-corrected chi connectivity index (χ4v) is 12.3. The van der Waals surface area contributed by atoms with Crippen molar-refractivity contribution in [3.05, 3.63) is 108 Å². The van der Waals surface area contributed by atoms with Crippen molar-refractivity contribution in [2.45, 2.75) is 65.0 Å². The molecule has 3 nitrogen and oxygen atoms in total. The van der Waals surface area contributed by atoms with Crippen molar-refractivity contribution >= 4 is 58.6 Å². The molecule has 0 fully saturated rings. The fraction of sp³-hybridized carbons (Fsp3) is 0.250. The van der Waals surface area contributed by atoms with E-state index in [4.69, 9.17) is 9.47 Å². The zero-order valence-corrected chi connectivity index (χ0v) is 28.2. The Morgan fingerprint density at radius 3 is 2.02 bits per heavy atom. The van der Waals surface area contributed by atoms with Crippen molar-refractivity contribution in [2.24, 2.45) is 0 Å². The standard InChI is InChI=1S/C40H38BNO2Si/c1-24-16-19-31-28(20-24)41-27-18-17-26-36(40(4,5)23-39(26,2)3)38(27)44-33-22-25(21-32(43-31)37(33)41)42-29-12-8-10-14-34(29)45(6,7)35-15-11-9-13-30(35)42/h8-22H,23H2,1-7H3. The van der Waals surface area contributed by atoms with Crippen molar-refractivity contribution in [1.82, 2.24) is 0 Å². The molecule has 0 saturated carbocycles. The van der Waals surface area contributed by atoms with E-state index >= 15 is 0 Å². The van der Waals surface area contributed by atoms with Crippen LogP contribution in [0.25, 0.3) is 0 Å². The van der Waals surface area contributed by atoms with Crippen LogP contribution in [0.3, 0.4) is 0 Å². The highest BCUT2D eigenvalue weighted by Gasteiger charge is 2.49. The summed E-state index contributed by atoms with van der Waals surface area (Å²) in [4.78, 5) is 2.43. The highest BCUT2D eigenvalue weighted by Crippen LogP contribution is 2.54. The van der Waals surface area contributed by atoms with Crippen LogP contribution in [0.2, 0.25) is 13.1 Å². The van der Waals surface area contributed by atoms with Crippen molar-refractivity contribution in [1.29, 1.82) is 0 Å². The topological polar surface area (TPSA) is 21.7 Å². The molecule has 0 atom stereocenters. The number of anilines is 3. The van der Waals surface area contributed by atoms with Gasteiger partial charge in [-0.3, -0.25) is 0 Å². The molecule has 0 radical (unpaired) electrons. The summed E-state index contributed by atoms with van der Waals surface area (Å²) in [5.74, 6) is 3.76. The molecule has 0 saturated heterocycles. The summed E-state index contributed by atoms with van der Waals surface area (Å²) in [6, 6.07) is 33.8. The van der Waals surface area contributed by atoms with Crippen LogP contribution < -0.4 is 41.1 Å². The van der Waals surface area contributed by atoms with Gasteiger partial charge in [0.1, 0.15) is 31.1 Å². The number of ether oxygens (including phenoxy) is 2. The molecule has 3 heterocycles. The number of para-hydroxylation sites is 2. The SMILES string of the molecule is Cc1ccc2c(c1)B1c3ccc4c(c3Oc3cc(N5c6ccccc6[Si](C)(C)c6ccccc65)cc(c31)O2)C(C)(C)CC4(C)C. The van der Waals surface area contributed by atoms with Gasteiger partial charge in [0.15, 0.2) is 0 Å². The third-order valence-corrected chi connectivity index (χ3v) is 14.5. The van der Waals surface area contributed by atoms with E-state index in [1.165, 1.54) is 49.4 Å². The van der Waals surface area contributed by atoms with Gasteiger partial charge in [0, 0.05) is 34.5 Å². The number of benzene rings is 5. The van der Waals surface area contributed by atoms with Crippen molar-refractivity contribution in [2.75, 3.05) is 4.90 Å². The highest BCUT2D eigenvalue weighted by molar-refractivity contribution is 7.02. The normalized spacial score (nSPS) is 18.4. The van der Waals surface area contributed by atoms with E-state index in [1.807, 2.05) is 0 Å². The minimum absolute atomic E-state index is 0.00365. The average Bonchev–Trinajstić information content (AvgIpc) is 3.20. The van der Waals surface area contributed by atoms with Gasteiger partial charge in [0.05, 0.1) is 5.69 Å². The lowest BCUT2D eigenvalue weighted by Gasteiger charge is -2.42. The molecule has 0 aromatic heterocycles. The first-order valence-corrected chi connectivity index (χ1v) is 19.3. The first kappa shape index (κ1) is 27.1. The predicted molar refractivity (Wildman–Crippen MR) is 191 cm³/mol. The summed E-state index contributed by atoms with van der Waals surface area (Å²) in [7, 11) is -1.90. The van der Waals surface area contributed by atoms with Crippen LogP contribution in [-0.4, -0.2) is 14.8 Å². The van der Waals surface area contributed by atoms with Crippen LogP contribution in [0.5, 0.6) is 23.0 Å². The van der Waals surface area contributed by atoms with Crippen LogP contribution in [0.15, 0.2) is 91.0 Å². The summed E-state index contributed by atoms with van der Waals surface area (Å²) >= 11 is 0. The van der Waals surface area contributed by atoms with Crippen LogP contribution in [0.1, 0.15) is 50.8 Å². The molecule has 5 aromatic rings. The van der Waals surface area contributed by atoms with Crippen LogP contribution in [0, 0.1) is 6.92 Å². The van der Waals surface area contributed by atoms with Gasteiger partial charge in [-0.25, -0.2) is 0 Å². The van der Waals surface area contributed by atoms with E-state index < -0.39 is 8.07 Å². The Balaban J connectivity index is 1.32. The van der Waals surface area contributed by atoms with Gasteiger partial charge in [0.25, 0.3) is 6.71 Å². The number of fused-ring (bicyclic) bond motifs is 8. The van der Waals surface area contributed by atoms with Gasteiger partial charge in [-0.1, -0.05) is 107 Å². The molecule has 222 valence electrons. The Hall–Kier alpha value is -4.22. The Bertz CT molecular complexity index is 2060. The Morgan fingerprint density at radius 1 is 0.689 bits per heavy atom. The van der Waals surface area contributed by atoms with E-state index in [-0.39, 0.29) is 17.5 Å². The van der Waals surface area contributed by atoms with E-state index in [0.29, 0.717) is 0 Å². The molecule has 45 heavy (non-hydrogen) atoms. The molecule has 4 aliphatic rings. The zero-order valence-electron chi connectivity index (χ0n) is 27.2. The number of hydrogen-bond acceptors (Lipinski definition) is 3. The van der Waals surface area contributed by atoms with Crippen molar-refractivity contribution in [3.8, 4) is 23.0 Å². The predicted octanol–water partition coefficient (Wildman–Crippen LogP) is 7.29. The lowest BCUT2D eigenvalue weighted by atomic mass is 9.34. The summed E-state index contributed by atoms with van der Waals surface area (Å²) in [6.45, 7) is 16.7. The lowest BCUT2D eigenvalue weighted by molar-refractivity contribution is 0.394. The number of nitrogens with zero attached hydrogens (tertiary/aromatic N) is 1. The molecular weight excluding hydrogens is 565 g/mol. The highest BCUT2D eigenvalue weighted by atomic mass is 28.3. The van der Waals surface area contributed by atoms with E-state index in [1.54, 1.807) is 0 Å². The quantitative estimate of drug-likeness (QED) is 0.184. The smallest absolute Gasteiger partial charge is 0.260 e. The molecule has 1 aliphatic carbocycles. The van der Waals surface area contributed by atoms with E-state index in [2.05, 4.69) is 144 Å².